The van der Waals surface area contributed by atoms with Gasteiger partial charge in [0.15, 0.2) is 0 Å². The van der Waals surface area contributed by atoms with Crippen molar-refractivity contribution in [3.8, 4) is 0 Å². The zero-order valence-electron chi connectivity index (χ0n) is 11.2. The molecule has 2 rings (SSSR count). The first-order valence-electron chi connectivity index (χ1n) is 6.27. The molecule has 0 radical (unpaired) electrons. The van der Waals surface area contributed by atoms with Crippen LogP contribution in [0.25, 0.3) is 10.9 Å². The maximum atomic E-state index is 13.0. The van der Waals surface area contributed by atoms with Crippen molar-refractivity contribution < 1.29 is 13.2 Å². The maximum Gasteiger partial charge on any atom is 0.417 e. The Hall–Kier alpha value is -1.60. The van der Waals surface area contributed by atoms with Crippen LogP contribution < -0.4 is 10.9 Å². The second kappa shape index (κ2) is 6.03. The molecular weight excluding hydrogens is 307 g/mol. The summed E-state index contributed by atoms with van der Waals surface area (Å²) in [6.45, 7) is 0.815. The molecule has 1 aromatic heterocycles. The number of nitrogens with zero attached hydrogens (tertiary/aromatic N) is 2. The van der Waals surface area contributed by atoms with Crippen LogP contribution in [0.4, 0.5) is 13.2 Å². The lowest BCUT2D eigenvalue weighted by Gasteiger charge is -2.13. The highest BCUT2D eigenvalue weighted by molar-refractivity contribution is 6.28. The standard InChI is InChI=1S/C13H13ClF3N3O/c1-18-6-3-7-20-11(21)10-8(13(15,16)17)4-2-5-9(10)19-12(20)14/h2,4-5,18H,3,6-7H2,1H3. The third-order valence-corrected chi connectivity index (χ3v) is 3.34. The van der Waals surface area contributed by atoms with Crippen molar-refractivity contribution in [3.05, 3.63) is 39.4 Å². The summed E-state index contributed by atoms with van der Waals surface area (Å²) in [5, 5.41) is 2.34. The van der Waals surface area contributed by atoms with Crippen LogP contribution >= 0.6 is 11.6 Å². The number of nitrogens with one attached hydrogen (secondary N) is 1. The third-order valence-electron chi connectivity index (χ3n) is 3.05. The van der Waals surface area contributed by atoms with Gasteiger partial charge in [0.05, 0.1) is 16.5 Å². The lowest BCUT2D eigenvalue weighted by atomic mass is 10.1. The molecule has 0 aliphatic rings. The van der Waals surface area contributed by atoms with E-state index in [2.05, 4.69) is 10.3 Å². The molecule has 1 aromatic carbocycles. The van der Waals surface area contributed by atoms with Crippen molar-refractivity contribution in [2.75, 3.05) is 13.6 Å². The van der Waals surface area contributed by atoms with Gasteiger partial charge in [-0.2, -0.15) is 13.2 Å². The Labute approximate surface area is 123 Å². The van der Waals surface area contributed by atoms with Crippen LogP contribution in [0.1, 0.15) is 12.0 Å². The summed E-state index contributed by atoms with van der Waals surface area (Å²) >= 11 is 5.90. The number of halogens is 4. The lowest BCUT2D eigenvalue weighted by Crippen LogP contribution is -2.26. The van der Waals surface area contributed by atoms with Crippen LogP contribution in [-0.4, -0.2) is 23.1 Å². The van der Waals surface area contributed by atoms with Crippen LogP contribution in [0.5, 0.6) is 0 Å². The summed E-state index contributed by atoms with van der Waals surface area (Å²) in [5.74, 6) is 0. The number of aromatic nitrogens is 2. The molecule has 0 bridgehead atoms. The molecule has 0 spiro atoms. The van der Waals surface area contributed by atoms with E-state index in [0.717, 1.165) is 10.6 Å². The molecule has 4 nitrogen and oxygen atoms in total. The Bertz CT molecular complexity index is 712. The van der Waals surface area contributed by atoms with Crippen molar-refractivity contribution in [2.45, 2.75) is 19.1 Å². The first kappa shape index (κ1) is 15.8. The van der Waals surface area contributed by atoms with Gasteiger partial charge >= 0.3 is 6.18 Å². The van der Waals surface area contributed by atoms with E-state index in [4.69, 9.17) is 11.6 Å². The van der Waals surface area contributed by atoms with Crippen molar-refractivity contribution in [1.82, 2.24) is 14.9 Å². The number of benzene rings is 1. The van der Waals surface area contributed by atoms with Crippen LogP contribution in [-0.2, 0) is 12.7 Å². The zero-order chi connectivity index (χ0) is 15.6. The van der Waals surface area contributed by atoms with Gasteiger partial charge in [-0.25, -0.2) is 4.98 Å². The van der Waals surface area contributed by atoms with Gasteiger partial charge in [-0.1, -0.05) is 6.07 Å². The largest absolute Gasteiger partial charge is 0.417 e. The minimum atomic E-state index is -4.61. The van der Waals surface area contributed by atoms with E-state index >= 15 is 0 Å². The molecule has 0 saturated heterocycles. The first-order valence-corrected chi connectivity index (χ1v) is 6.65. The number of hydrogen-bond acceptors (Lipinski definition) is 3. The summed E-state index contributed by atoms with van der Waals surface area (Å²) in [6, 6.07) is 3.42. The fourth-order valence-electron chi connectivity index (χ4n) is 2.08. The number of hydrogen-bond donors (Lipinski definition) is 1. The van der Waals surface area contributed by atoms with Crippen LogP contribution in [0.2, 0.25) is 5.28 Å². The third kappa shape index (κ3) is 3.19. The summed E-state index contributed by atoms with van der Waals surface area (Å²) in [6.07, 6.45) is -4.06. The molecule has 2 aromatic rings. The highest BCUT2D eigenvalue weighted by Crippen LogP contribution is 2.33. The molecule has 0 amide bonds. The van der Waals surface area contributed by atoms with E-state index in [-0.39, 0.29) is 17.3 Å². The van der Waals surface area contributed by atoms with Crippen molar-refractivity contribution in [2.24, 2.45) is 0 Å². The molecule has 114 valence electrons. The topological polar surface area (TPSA) is 46.9 Å². The quantitative estimate of drug-likeness (QED) is 0.696. The minimum Gasteiger partial charge on any atom is -0.320 e. The van der Waals surface area contributed by atoms with E-state index in [1.165, 1.54) is 12.1 Å². The van der Waals surface area contributed by atoms with Gasteiger partial charge < -0.3 is 5.32 Å². The Balaban J connectivity index is 2.65. The summed E-state index contributed by atoms with van der Waals surface area (Å²) in [4.78, 5) is 16.2. The molecule has 0 aliphatic heterocycles. The van der Waals surface area contributed by atoms with Gasteiger partial charge in [0.2, 0.25) is 5.28 Å². The number of rotatable bonds is 4. The van der Waals surface area contributed by atoms with Gasteiger partial charge in [0.25, 0.3) is 5.56 Å². The number of alkyl halides is 3. The SMILES string of the molecule is CNCCCn1c(Cl)nc2cccc(C(F)(F)F)c2c1=O. The van der Waals surface area contributed by atoms with Crippen molar-refractivity contribution in [1.29, 1.82) is 0 Å². The van der Waals surface area contributed by atoms with Gasteiger partial charge in [-0.3, -0.25) is 9.36 Å². The molecule has 1 N–H and O–H groups in total. The maximum absolute atomic E-state index is 13.0. The lowest BCUT2D eigenvalue weighted by molar-refractivity contribution is -0.136. The molecule has 0 aliphatic carbocycles. The van der Waals surface area contributed by atoms with Crippen molar-refractivity contribution in [3.63, 3.8) is 0 Å². The Morgan fingerprint density at radius 3 is 2.71 bits per heavy atom. The second-order valence-electron chi connectivity index (χ2n) is 4.49. The Kier molecular flexibility index (Phi) is 4.53. The monoisotopic (exact) mass is 319 g/mol. The fourth-order valence-corrected chi connectivity index (χ4v) is 2.33. The van der Waals surface area contributed by atoms with E-state index in [9.17, 15) is 18.0 Å². The van der Waals surface area contributed by atoms with Gasteiger partial charge in [-0.15, -0.1) is 0 Å². The predicted molar refractivity (Wildman–Crippen MR) is 74.6 cm³/mol. The van der Waals surface area contributed by atoms with Crippen LogP contribution in [0, 0.1) is 0 Å². The van der Waals surface area contributed by atoms with Crippen LogP contribution in [0.3, 0.4) is 0 Å². The van der Waals surface area contributed by atoms with Crippen molar-refractivity contribution >= 4 is 22.5 Å². The molecule has 0 fully saturated rings. The average molecular weight is 320 g/mol. The Morgan fingerprint density at radius 2 is 2.10 bits per heavy atom. The summed E-state index contributed by atoms with van der Waals surface area (Å²) in [7, 11) is 1.74. The molecule has 21 heavy (non-hydrogen) atoms. The summed E-state index contributed by atoms with van der Waals surface area (Å²) in [5.41, 5.74) is -1.81. The molecule has 0 unspecified atom stereocenters. The van der Waals surface area contributed by atoms with Crippen LogP contribution in [0.15, 0.2) is 23.0 Å². The number of fused-ring (bicyclic) bond motifs is 1. The van der Waals surface area contributed by atoms with E-state index in [1.807, 2.05) is 0 Å². The van der Waals surface area contributed by atoms with Gasteiger partial charge in [0.1, 0.15) is 0 Å². The average Bonchev–Trinajstić information content (AvgIpc) is 2.40. The first-order chi connectivity index (χ1) is 9.86. The van der Waals surface area contributed by atoms with E-state index in [0.29, 0.717) is 13.0 Å². The Morgan fingerprint density at radius 1 is 1.38 bits per heavy atom. The smallest absolute Gasteiger partial charge is 0.320 e. The van der Waals surface area contributed by atoms with E-state index < -0.39 is 22.7 Å². The zero-order valence-corrected chi connectivity index (χ0v) is 11.9. The molecule has 1 heterocycles. The minimum absolute atomic E-state index is 0.0512. The van der Waals surface area contributed by atoms with Gasteiger partial charge in [0, 0.05) is 6.54 Å². The predicted octanol–water partition coefficient (Wildman–Crippen LogP) is 2.68. The highest BCUT2D eigenvalue weighted by Gasteiger charge is 2.34. The molecule has 0 saturated carbocycles. The fraction of sp³-hybridized carbons (Fsp3) is 0.385. The normalized spacial score (nSPS) is 12.0. The highest BCUT2D eigenvalue weighted by atomic mass is 35.5. The van der Waals surface area contributed by atoms with Gasteiger partial charge in [-0.05, 0) is 43.7 Å². The molecular formula is C13H13ClF3N3O. The molecule has 8 heteroatoms. The second-order valence-corrected chi connectivity index (χ2v) is 4.83. The summed E-state index contributed by atoms with van der Waals surface area (Å²) < 4.78 is 40.1. The van der Waals surface area contributed by atoms with E-state index in [1.54, 1.807) is 7.05 Å². The molecule has 0 atom stereocenters.